The summed E-state index contributed by atoms with van der Waals surface area (Å²) in [7, 11) is 0. The summed E-state index contributed by atoms with van der Waals surface area (Å²) in [6.45, 7) is 5.43. The standard InChI is InChI=1S/C11H22N2O2/c1-3-5-9(12)10(14)13-8-11(2)6-4-7-15-11/h9H,3-8,12H2,1-2H3,(H,13,14)/t9-,11?/m0/s1. The van der Waals surface area contributed by atoms with Gasteiger partial charge in [0.2, 0.25) is 5.91 Å². The van der Waals surface area contributed by atoms with Crippen LogP contribution in [0.2, 0.25) is 0 Å². The van der Waals surface area contributed by atoms with E-state index in [1.807, 2.05) is 13.8 Å². The van der Waals surface area contributed by atoms with Crippen LogP contribution in [0.5, 0.6) is 0 Å². The average Bonchev–Trinajstić information content (AvgIpc) is 2.63. The van der Waals surface area contributed by atoms with E-state index in [0.29, 0.717) is 6.54 Å². The second-order valence-electron chi connectivity index (χ2n) is 4.51. The molecule has 0 aromatic carbocycles. The van der Waals surface area contributed by atoms with Gasteiger partial charge in [0.1, 0.15) is 0 Å². The lowest BCUT2D eigenvalue weighted by Crippen LogP contribution is -2.46. The van der Waals surface area contributed by atoms with E-state index in [-0.39, 0.29) is 17.6 Å². The molecule has 1 rings (SSSR count). The SMILES string of the molecule is CCC[C@H](N)C(=O)NCC1(C)CCCO1. The lowest BCUT2D eigenvalue weighted by atomic mass is 10.0. The Kier molecular flexibility index (Phi) is 4.54. The van der Waals surface area contributed by atoms with Crippen molar-refractivity contribution in [1.29, 1.82) is 0 Å². The molecule has 1 fully saturated rings. The lowest BCUT2D eigenvalue weighted by Gasteiger charge is -2.24. The molecule has 15 heavy (non-hydrogen) atoms. The van der Waals surface area contributed by atoms with Crippen LogP contribution in [0.1, 0.15) is 39.5 Å². The van der Waals surface area contributed by atoms with Gasteiger partial charge in [0.15, 0.2) is 0 Å². The maximum atomic E-state index is 11.5. The van der Waals surface area contributed by atoms with Crippen LogP contribution in [-0.4, -0.2) is 30.7 Å². The molecule has 0 saturated carbocycles. The van der Waals surface area contributed by atoms with E-state index in [1.54, 1.807) is 0 Å². The summed E-state index contributed by atoms with van der Waals surface area (Å²) in [6, 6.07) is -0.375. The summed E-state index contributed by atoms with van der Waals surface area (Å²) in [5, 5.41) is 2.86. The first-order valence-corrected chi connectivity index (χ1v) is 5.74. The Bertz CT molecular complexity index is 213. The van der Waals surface area contributed by atoms with Crippen molar-refractivity contribution in [2.45, 2.75) is 51.2 Å². The van der Waals surface area contributed by atoms with Crippen molar-refractivity contribution in [3.05, 3.63) is 0 Å². The molecule has 1 unspecified atom stereocenters. The summed E-state index contributed by atoms with van der Waals surface area (Å²) in [6.07, 6.45) is 3.76. The maximum Gasteiger partial charge on any atom is 0.237 e. The van der Waals surface area contributed by atoms with E-state index in [1.165, 1.54) is 0 Å². The molecule has 1 saturated heterocycles. The lowest BCUT2D eigenvalue weighted by molar-refractivity contribution is -0.123. The van der Waals surface area contributed by atoms with Gasteiger partial charge in [0.25, 0.3) is 0 Å². The Morgan fingerprint density at radius 2 is 2.40 bits per heavy atom. The number of nitrogens with two attached hydrogens (primary N) is 1. The Hall–Kier alpha value is -0.610. The quantitative estimate of drug-likeness (QED) is 0.711. The molecule has 1 amide bonds. The number of hydrogen-bond acceptors (Lipinski definition) is 3. The fourth-order valence-electron chi connectivity index (χ4n) is 1.82. The van der Waals surface area contributed by atoms with Gasteiger partial charge >= 0.3 is 0 Å². The van der Waals surface area contributed by atoms with E-state index in [4.69, 9.17) is 10.5 Å². The molecule has 0 radical (unpaired) electrons. The Morgan fingerprint density at radius 3 is 2.93 bits per heavy atom. The normalized spacial score (nSPS) is 27.7. The van der Waals surface area contributed by atoms with Crippen molar-refractivity contribution >= 4 is 5.91 Å². The second kappa shape index (κ2) is 5.47. The van der Waals surface area contributed by atoms with Gasteiger partial charge in [-0.2, -0.15) is 0 Å². The van der Waals surface area contributed by atoms with Crippen LogP contribution in [-0.2, 0) is 9.53 Å². The Labute approximate surface area is 91.5 Å². The van der Waals surface area contributed by atoms with Gasteiger partial charge in [-0.3, -0.25) is 4.79 Å². The van der Waals surface area contributed by atoms with Gasteiger partial charge in [-0.25, -0.2) is 0 Å². The van der Waals surface area contributed by atoms with Crippen LogP contribution >= 0.6 is 0 Å². The smallest absolute Gasteiger partial charge is 0.237 e. The highest BCUT2D eigenvalue weighted by molar-refractivity contribution is 5.81. The van der Waals surface area contributed by atoms with Gasteiger partial charge < -0.3 is 15.8 Å². The molecule has 0 aromatic rings. The minimum atomic E-state index is -0.375. The van der Waals surface area contributed by atoms with Gasteiger partial charge in [0, 0.05) is 13.2 Å². The molecule has 2 atom stereocenters. The number of carbonyl (C=O) groups is 1. The number of nitrogens with one attached hydrogen (secondary N) is 1. The zero-order valence-electron chi connectivity index (χ0n) is 9.71. The molecule has 0 aliphatic carbocycles. The summed E-state index contributed by atoms with van der Waals surface area (Å²) in [5.41, 5.74) is 5.52. The molecule has 3 N–H and O–H groups in total. The number of carbonyl (C=O) groups excluding carboxylic acids is 1. The van der Waals surface area contributed by atoms with Crippen LogP contribution in [0.25, 0.3) is 0 Å². The van der Waals surface area contributed by atoms with E-state index in [0.717, 1.165) is 32.3 Å². The monoisotopic (exact) mass is 214 g/mol. The third kappa shape index (κ3) is 3.80. The second-order valence-corrected chi connectivity index (χ2v) is 4.51. The molecule has 88 valence electrons. The first-order chi connectivity index (χ1) is 7.07. The third-order valence-electron chi connectivity index (χ3n) is 2.87. The molecule has 0 spiro atoms. The van der Waals surface area contributed by atoms with Gasteiger partial charge in [-0.15, -0.1) is 0 Å². The number of rotatable bonds is 5. The van der Waals surface area contributed by atoms with Crippen molar-refractivity contribution < 1.29 is 9.53 Å². The summed E-state index contributed by atoms with van der Waals surface area (Å²) < 4.78 is 5.58. The zero-order valence-corrected chi connectivity index (χ0v) is 9.71. The third-order valence-corrected chi connectivity index (χ3v) is 2.87. The van der Waals surface area contributed by atoms with E-state index >= 15 is 0 Å². The minimum absolute atomic E-state index is 0.0615. The van der Waals surface area contributed by atoms with Crippen molar-refractivity contribution in [3.63, 3.8) is 0 Å². The summed E-state index contributed by atoms with van der Waals surface area (Å²) in [5.74, 6) is -0.0615. The topological polar surface area (TPSA) is 64.4 Å². The van der Waals surface area contributed by atoms with Gasteiger partial charge in [0.05, 0.1) is 11.6 Å². The first kappa shape index (κ1) is 12.5. The minimum Gasteiger partial charge on any atom is -0.373 e. The summed E-state index contributed by atoms with van der Waals surface area (Å²) >= 11 is 0. The Morgan fingerprint density at radius 1 is 1.67 bits per heavy atom. The van der Waals surface area contributed by atoms with Crippen LogP contribution < -0.4 is 11.1 Å². The highest BCUT2D eigenvalue weighted by Gasteiger charge is 2.30. The van der Waals surface area contributed by atoms with Crippen LogP contribution in [0.15, 0.2) is 0 Å². The van der Waals surface area contributed by atoms with Crippen molar-refractivity contribution in [1.82, 2.24) is 5.32 Å². The van der Waals surface area contributed by atoms with Crippen molar-refractivity contribution in [2.24, 2.45) is 5.73 Å². The Balaban J connectivity index is 2.26. The molecule has 1 heterocycles. The average molecular weight is 214 g/mol. The van der Waals surface area contributed by atoms with Gasteiger partial charge in [-0.1, -0.05) is 13.3 Å². The van der Waals surface area contributed by atoms with Crippen LogP contribution in [0.4, 0.5) is 0 Å². The van der Waals surface area contributed by atoms with Crippen molar-refractivity contribution in [2.75, 3.05) is 13.2 Å². The molecule has 0 aromatic heterocycles. The maximum absolute atomic E-state index is 11.5. The predicted octanol–water partition coefficient (Wildman–Crippen LogP) is 0.799. The predicted molar refractivity (Wildman–Crippen MR) is 59.5 cm³/mol. The number of hydrogen-bond donors (Lipinski definition) is 2. The van der Waals surface area contributed by atoms with Crippen molar-refractivity contribution in [3.8, 4) is 0 Å². The molecular formula is C11H22N2O2. The van der Waals surface area contributed by atoms with Gasteiger partial charge in [-0.05, 0) is 26.2 Å². The first-order valence-electron chi connectivity index (χ1n) is 5.74. The molecular weight excluding hydrogens is 192 g/mol. The number of ether oxygens (including phenoxy) is 1. The molecule has 0 bridgehead atoms. The van der Waals surface area contributed by atoms with Crippen LogP contribution in [0, 0.1) is 0 Å². The fraction of sp³-hybridized carbons (Fsp3) is 0.909. The summed E-state index contributed by atoms with van der Waals surface area (Å²) in [4.78, 5) is 11.5. The fourth-order valence-corrected chi connectivity index (χ4v) is 1.82. The molecule has 4 nitrogen and oxygen atoms in total. The highest BCUT2D eigenvalue weighted by Crippen LogP contribution is 2.23. The van der Waals surface area contributed by atoms with E-state index < -0.39 is 0 Å². The zero-order chi connectivity index (χ0) is 11.3. The van der Waals surface area contributed by atoms with Crippen LogP contribution in [0.3, 0.4) is 0 Å². The van der Waals surface area contributed by atoms with E-state index in [9.17, 15) is 4.79 Å². The highest BCUT2D eigenvalue weighted by atomic mass is 16.5. The van der Waals surface area contributed by atoms with E-state index in [2.05, 4.69) is 5.32 Å². The molecule has 4 heteroatoms. The molecule has 1 aliphatic heterocycles. The largest absolute Gasteiger partial charge is 0.373 e. The molecule has 1 aliphatic rings. The number of amides is 1.